The topological polar surface area (TPSA) is 23.6 Å². The number of hydrogen-bond donors (Lipinski definition) is 0. The van der Waals surface area contributed by atoms with Gasteiger partial charge in [-0.1, -0.05) is 36.4 Å². The first-order valence-electron chi connectivity index (χ1n) is 6.31. The summed E-state index contributed by atoms with van der Waals surface area (Å²) in [4.78, 5) is 12.2. The van der Waals surface area contributed by atoms with E-state index in [9.17, 15) is 4.79 Å². The molecule has 1 amide bonds. The van der Waals surface area contributed by atoms with Crippen LogP contribution in [0, 0.1) is 0 Å². The fourth-order valence-corrected chi connectivity index (χ4v) is 2.48. The maximum absolute atomic E-state index is 12.2. The summed E-state index contributed by atoms with van der Waals surface area (Å²) in [5, 5.41) is 3.36. The second-order valence-electron chi connectivity index (χ2n) is 4.40. The maximum Gasteiger partial charge on any atom is 0.266 e. The Labute approximate surface area is 122 Å². The van der Waals surface area contributed by atoms with Gasteiger partial charge in [-0.05, 0) is 24.3 Å². The van der Waals surface area contributed by atoms with Crippen LogP contribution in [-0.2, 0) is 4.79 Å². The van der Waals surface area contributed by atoms with Crippen LogP contribution >= 0.6 is 11.6 Å². The monoisotopic (exact) mass is 284 g/mol. The molecule has 20 heavy (non-hydrogen) atoms. The molecule has 0 radical (unpaired) electrons. The van der Waals surface area contributed by atoms with Crippen LogP contribution in [0.3, 0.4) is 0 Å². The van der Waals surface area contributed by atoms with Crippen molar-refractivity contribution in [2.24, 2.45) is 0 Å². The van der Waals surface area contributed by atoms with Gasteiger partial charge in [-0.3, -0.25) is 4.79 Å². The molecule has 0 spiro atoms. The van der Waals surface area contributed by atoms with Gasteiger partial charge in [-0.15, -0.1) is 11.6 Å². The Morgan fingerprint density at radius 2 is 1.60 bits per heavy atom. The van der Waals surface area contributed by atoms with Gasteiger partial charge in [0.05, 0.1) is 11.4 Å². The normalized spacial score (nSPS) is 14.2. The number of hydrogen-bond acceptors (Lipinski definition) is 2. The molecule has 0 unspecified atom stereocenters. The molecule has 0 aromatic heterocycles. The summed E-state index contributed by atoms with van der Waals surface area (Å²) in [6.07, 6.45) is 3.37. The van der Waals surface area contributed by atoms with Crippen LogP contribution in [0.1, 0.15) is 5.56 Å². The molecule has 4 heteroatoms. The van der Waals surface area contributed by atoms with Crippen LogP contribution in [0.15, 0.2) is 60.7 Å². The lowest BCUT2D eigenvalue weighted by molar-refractivity contribution is -0.125. The van der Waals surface area contributed by atoms with Crippen molar-refractivity contribution in [1.29, 1.82) is 0 Å². The summed E-state index contributed by atoms with van der Waals surface area (Å²) in [7, 11) is 0. The Hall–Kier alpha value is -2.26. The molecule has 0 aliphatic carbocycles. The average Bonchev–Trinajstić information content (AvgIpc) is 2.65. The van der Waals surface area contributed by atoms with E-state index in [0.717, 1.165) is 16.9 Å². The van der Waals surface area contributed by atoms with Crippen molar-refractivity contribution in [3.05, 3.63) is 66.2 Å². The summed E-state index contributed by atoms with van der Waals surface area (Å²) in [6.45, 7) is 0. The number of nitrogens with zero attached hydrogens (tertiary/aromatic N) is 2. The molecule has 2 aromatic carbocycles. The van der Waals surface area contributed by atoms with Crippen molar-refractivity contribution in [1.82, 2.24) is 5.01 Å². The summed E-state index contributed by atoms with van der Waals surface area (Å²) in [6, 6.07) is 17.7. The van der Waals surface area contributed by atoms with E-state index < -0.39 is 0 Å². The molecule has 0 fully saturated rings. The van der Waals surface area contributed by atoms with E-state index in [0.29, 0.717) is 0 Å². The number of hydrazine groups is 1. The molecule has 1 heterocycles. The number of amides is 1. The maximum atomic E-state index is 12.2. The van der Waals surface area contributed by atoms with Gasteiger partial charge in [0, 0.05) is 11.6 Å². The van der Waals surface area contributed by atoms with Gasteiger partial charge < -0.3 is 0 Å². The number of benzene rings is 2. The highest BCUT2D eigenvalue weighted by Gasteiger charge is 2.25. The lowest BCUT2D eigenvalue weighted by Crippen LogP contribution is -2.41. The van der Waals surface area contributed by atoms with Crippen molar-refractivity contribution >= 4 is 35.0 Å². The molecule has 1 aliphatic heterocycles. The number of alkyl halides is 1. The van der Waals surface area contributed by atoms with Gasteiger partial charge in [0.25, 0.3) is 5.91 Å². The Morgan fingerprint density at radius 1 is 0.900 bits per heavy atom. The molecular weight excluding hydrogens is 272 g/mol. The number of anilines is 2. The predicted octanol–water partition coefficient (Wildman–Crippen LogP) is 3.79. The molecule has 3 nitrogen and oxygen atoms in total. The van der Waals surface area contributed by atoms with Crippen molar-refractivity contribution in [3.8, 4) is 0 Å². The minimum absolute atomic E-state index is 0.0897. The van der Waals surface area contributed by atoms with Gasteiger partial charge in [0.1, 0.15) is 6.00 Å². The van der Waals surface area contributed by atoms with Crippen molar-refractivity contribution in [2.75, 3.05) is 11.0 Å². The number of carbonyl (C=O) groups is 1. The van der Waals surface area contributed by atoms with E-state index in [1.54, 1.807) is 6.08 Å². The van der Waals surface area contributed by atoms with Crippen LogP contribution in [0.2, 0.25) is 0 Å². The predicted molar refractivity (Wildman–Crippen MR) is 81.6 cm³/mol. The Bertz CT molecular complexity index is 655. The molecule has 100 valence electrons. The largest absolute Gasteiger partial charge is 0.268 e. The van der Waals surface area contributed by atoms with E-state index in [4.69, 9.17) is 11.6 Å². The van der Waals surface area contributed by atoms with Crippen molar-refractivity contribution in [2.45, 2.75) is 0 Å². The fourth-order valence-electron chi connectivity index (χ4n) is 2.26. The summed E-state index contributed by atoms with van der Waals surface area (Å²) in [5.74, 6) is -0.139. The molecule has 0 bridgehead atoms. The van der Waals surface area contributed by atoms with Gasteiger partial charge in [0.15, 0.2) is 0 Å². The Balaban J connectivity index is 2.20. The first kappa shape index (κ1) is 12.8. The van der Waals surface area contributed by atoms with Gasteiger partial charge in [-0.2, -0.15) is 0 Å². The van der Waals surface area contributed by atoms with Crippen molar-refractivity contribution in [3.63, 3.8) is 0 Å². The summed E-state index contributed by atoms with van der Waals surface area (Å²) in [5.41, 5.74) is 2.82. The van der Waals surface area contributed by atoms with E-state index in [-0.39, 0.29) is 11.9 Å². The van der Waals surface area contributed by atoms with E-state index in [2.05, 4.69) is 0 Å². The van der Waals surface area contributed by atoms with Gasteiger partial charge >= 0.3 is 0 Å². The molecule has 0 atom stereocenters. The third kappa shape index (κ3) is 2.17. The van der Waals surface area contributed by atoms with E-state index >= 15 is 0 Å². The SMILES string of the molecule is O=C1C=Cc2ccccc2N(c2ccccc2)N1CCl. The molecule has 2 aromatic rings. The number of fused-ring (bicyclic) bond motifs is 1. The highest BCUT2D eigenvalue weighted by Crippen LogP contribution is 2.33. The Kier molecular flexibility index (Phi) is 3.44. The summed E-state index contributed by atoms with van der Waals surface area (Å²) >= 11 is 5.99. The number of rotatable bonds is 2. The summed E-state index contributed by atoms with van der Waals surface area (Å²) < 4.78 is 0. The third-order valence-corrected chi connectivity index (χ3v) is 3.41. The molecule has 1 aliphatic rings. The second kappa shape index (κ2) is 5.39. The lowest BCUT2D eigenvalue weighted by Gasteiger charge is -2.34. The molecule has 0 saturated heterocycles. The quantitative estimate of drug-likeness (QED) is 0.619. The van der Waals surface area contributed by atoms with Crippen LogP contribution in [0.25, 0.3) is 6.08 Å². The Morgan fingerprint density at radius 3 is 2.35 bits per heavy atom. The smallest absolute Gasteiger partial charge is 0.266 e. The van der Waals surface area contributed by atoms with E-state index in [1.165, 1.54) is 5.01 Å². The number of para-hydroxylation sites is 2. The van der Waals surface area contributed by atoms with Crippen LogP contribution in [-0.4, -0.2) is 16.9 Å². The second-order valence-corrected chi connectivity index (χ2v) is 4.64. The fraction of sp³-hybridized carbons (Fsp3) is 0.0625. The van der Waals surface area contributed by atoms with Gasteiger partial charge in [-0.25, -0.2) is 10.0 Å². The van der Waals surface area contributed by atoms with Crippen LogP contribution in [0.4, 0.5) is 11.4 Å². The zero-order valence-corrected chi connectivity index (χ0v) is 11.5. The third-order valence-electron chi connectivity index (χ3n) is 3.18. The highest BCUT2D eigenvalue weighted by atomic mass is 35.5. The van der Waals surface area contributed by atoms with E-state index in [1.807, 2.05) is 65.7 Å². The first-order valence-corrected chi connectivity index (χ1v) is 6.84. The van der Waals surface area contributed by atoms with Crippen LogP contribution < -0.4 is 5.01 Å². The minimum atomic E-state index is -0.139. The zero-order valence-electron chi connectivity index (χ0n) is 10.7. The van der Waals surface area contributed by atoms with Crippen LogP contribution in [0.5, 0.6) is 0 Å². The molecule has 3 rings (SSSR count). The lowest BCUT2D eigenvalue weighted by atomic mass is 10.1. The molecule has 0 N–H and O–H groups in total. The first-order chi connectivity index (χ1) is 9.81. The number of halogens is 1. The average molecular weight is 285 g/mol. The highest BCUT2D eigenvalue weighted by molar-refractivity contribution is 6.19. The number of carbonyl (C=O) groups excluding carboxylic acids is 1. The van der Waals surface area contributed by atoms with Gasteiger partial charge in [0.2, 0.25) is 0 Å². The molecule has 0 saturated carbocycles. The zero-order chi connectivity index (χ0) is 13.9. The minimum Gasteiger partial charge on any atom is -0.268 e. The standard InChI is InChI=1S/C16H13ClN2O/c17-12-18-16(20)11-10-13-6-4-5-9-15(13)19(18)14-7-2-1-3-8-14/h1-11H,12H2. The molecular formula is C16H13ClN2O. The van der Waals surface area contributed by atoms with Crippen molar-refractivity contribution < 1.29 is 4.79 Å².